The average Bonchev–Trinajstić information content (AvgIpc) is 3.93. The van der Waals surface area contributed by atoms with Gasteiger partial charge in [-0.15, -0.1) is 0 Å². The highest BCUT2D eigenvalue weighted by molar-refractivity contribution is 6.15. The molecule has 0 saturated carbocycles. The minimum atomic E-state index is 0.892. The fourth-order valence-corrected chi connectivity index (χ4v) is 10.2. The van der Waals surface area contributed by atoms with E-state index in [0.717, 1.165) is 72.3 Å². The monoisotopic (exact) mass is 828 g/mol. The molecule has 2 aromatic heterocycles. The van der Waals surface area contributed by atoms with Gasteiger partial charge >= 0.3 is 0 Å². The van der Waals surface area contributed by atoms with Crippen LogP contribution in [0.15, 0.2) is 247 Å². The number of hydrogen-bond donors (Lipinski definition) is 0. The third-order valence-corrected chi connectivity index (χ3v) is 13.2. The smallest absolute Gasteiger partial charge is 0.143 e. The van der Waals surface area contributed by atoms with E-state index in [2.05, 4.69) is 252 Å². The average molecular weight is 829 g/mol. The summed E-state index contributed by atoms with van der Waals surface area (Å²) in [4.78, 5) is 2.40. The van der Waals surface area contributed by atoms with Crippen molar-refractivity contribution in [1.29, 1.82) is 0 Å². The van der Waals surface area contributed by atoms with Crippen molar-refractivity contribution in [2.45, 2.75) is 0 Å². The Kier molecular flexibility index (Phi) is 8.53. The highest BCUT2D eigenvalue weighted by Gasteiger charge is 2.20. The molecule has 3 nitrogen and oxygen atoms in total. The van der Waals surface area contributed by atoms with Gasteiger partial charge in [0.1, 0.15) is 11.2 Å². The second-order valence-electron chi connectivity index (χ2n) is 16.8. The number of aromatic nitrogens is 1. The van der Waals surface area contributed by atoms with Gasteiger partial charge in [0.05, 0.1) is 22.4 Å². The van der Waals surface area contributed by atoms with Gasteiger partial charge in [-0.2, -0.15) is 0 Å². The first kappa shape index (κ1) is 36.9. The molecule has 0 atom stereocenters. The maximum atomic E-state index is 6.59. The van der Waals surface area contributed by atoms with Crippen LogP contribution in [0.25, 0.3) is 104 Å². The van der Waals surface area contributed by atoms with E-state index in [1.807, 2.05) is 0 Å². The van der Waals surface area contributed by atoms with Crippen LogP contribution in [0.5, 0.6) is 0 Å². The fraction of sp³-hybridized carbons (Fsp3) is 0. The lowest BCUT2D eigenvalue weighted by Gasteiger charge is -2.28. The molecule has 0 aliphatic carbocycles. The third kappa shape index (κ3) is 6.05. The standard InChI is InChI=1S/C62H40N2O/c1-3-17-48-42(14-1)16-13-23-51(48)52-20-6-10-25-58(52)63(46-34-28-41(29-35-46)45-33-38-55-56-39-32-43-15-2-4-19-50(43)62(56)65-61(55)40-45)47-36-30-44(31-37-47)49-18-5-9-24-57(49)64-59-26-11-7-21-53(59)54-22-8-12-27-60(54)64/h1-40H. The number of fused-ring (bicyclic) bond motifs is 9. The molecular formula is C62H40N2O. The van der Waals surface area contributed by atoms with Gasteiger partial charge in [0.25, 0.3) is 0 Å². The molecule has 0 aliphatic heterocycles. The fourth-order valence-electron chi connectivity index (χ4n) is 10.2. The second kappa shape index (κ2) is 15.0. The molecule has 3 heteroatoms. The van der Waals surface area contributed by atoms with Crippen molar-refractivity contribution in [2.75, 3.05) is 4.90 Å². The van der Waals surface area contributed by atoms with Crippen LogP contribution in [0.1, 0.15) is 0 Å². The van der Waals surface area contributed by atoms with E-state index >= 15 is 0 Å². The van der Waals surface area contributed by atoms with E-state index in [0.29, 0.717) is 0 Å². The number of hydrogen-bond acceptors (Lipinski definition) is 2. The van der Waals surface area contributed by atoms with Crippen LogP contribution in [-0.2, 0) is 0 Å². The van der Waals surface area contributed by atoms with Crippen molar-refractivity contribution >= 4 is 82.4 Å². The first-order chi connectivity index (χ1) is 32.2. The summed E-state index contributed by atoms with van der Waals surface area (Å²) in [6.07, 6.45) is 0. The largest absolute Gasteiger partial charge is 0.455 e. The molecule has 2 heterocycles. The summed E-state index contributed by atoms with van der Waals surface area (Å²) in [5.74, 6) is 0. The Bertz CT molecular complexity index is 3890. The van der Waals surface area contributed by atoms with E-state index < -0.39 is 0 Å². The van der Waals surface area contributed by atoms with Gasteiger partial charge in [0, 0.05) is 49.4 Å². The molecular weight excluding hydrogens is 789 g/mol. The quantitative estimate of drug-likeness (QED) is 0.160. The van der Waals surface area contributed by atoms with Crippen LogP contribution in [0.2, 0.25) is 0 Å². The molecule has 0 radical (unpaired) electrons. The van der Waals surface area contributed by atoms with Gasteiger partial charge in [-0.1, -0.05) is 176 Å². The lowest BCUT2D eigenvalue weighted by Crippen LogP contribution is -2.11. The summed E-state index contributed by atoms with van der Waals surface area (Å²) >= 11 is 0. The van der Waals surface area contributed by atoms with E-state index in [-0.39, 0.29) is 0 Å². The molecule has 0 fully saturated rings. The second-order valence-corrected chi connectivity index (χ2v) is 16.8. The third-order valence-electron chi connectivity index (χ3n) is 13.2. The predicted octanol–water partition coefficient (Wildman–Crippen LogP) is 17.5. The first-order valence-corrected chi connectivity index (χ1v) is 22.2. The first-order valence-electron chi connectivity index (χ1n) is 22.2. The van der Waals surface area contributed by atoms with Crippen LogP contribution >= 0.6 is 0 Å². The van der Waals surface area contributed by atoms with Crippen molar-refractivity contribution in [1.82, 2.24) is 4.57 Å². The Hall–Kier alpha value is -8.66. The van der Waals surface area contributed by atoms with E-state index in [1.165, 1.54) is 49.1 Å². The molecule has 0 bridgehead atoms. The highest BCUT2D eigenvalue weighted by Crippen LogP contribution is 2.45. The van der Waals surface area contributed by atoms with Crippen molar-refractivity contribution in [3.05, 3.63) is 243 Å². The van der Waals surface area contributed by atoms with Crippen LogP contribution in [0.3, 0.4) is 0 Å². The maximum Gasteiger partial charge on any atom is 0.143 e. The van der Waals surface area contributed by atoms with Crippen LogP contribution in [0, 0.1) is 0 Å². The van der Waals surface area contributed by atoms with Crippen molar-refractivity contribution in [3.63, 3.8) is 0 Å². The molecule has 0 unspecified atom stereocenters. The minimum Gasteiger partial charge on any atom is -0.455 e. The Morgan fingerprint density at radius 1 is 0.323 bits per heavy atom. The topological polar surface area (TPSA) is 21.3 Å². The Labute approximate surface area is 376 Å². The summed E-state index contributed by atoms with van der Waals surface area (Å²) in [7, 11) is 0. The maximum absolute atomic E-state index is 6.59. The predicted molar refractivity (Wildman–Crippen MR) is 274 cm³/mol. The molecule has 0 aliphatic rings. The molecule has 65 heavy (non-hydrogen) atoms. The summed E-state index contributed by atoms with van der Waals surface area (Å²) in [6.45, 7) is 0. The summed E-state index contributed by atoms with van der Waals surface area (Å²) in [6, 6.07) is 87.7. The summed E-state index contributed by atoms with van der Waals surface area (Å²) in [5, 5.41) is 9.54. The normalized spacial score (nSPS) is 11.7. The Morgan fingerprint density at radius 2 is 0.846 bits per heavy atom. The van der Waals surface area contributed by atoms with Gasteiger partial charge in [-0.25, -0.2) is 0 Å². The zero-order valence-electron chi connectivity index (χ0n) is 35.4. The van der Waals surface area contributed by atoms with Crippen molar-refractivity contribution in [2.24, 2.45) is 0 Å². The summed E-state index contributed by atoms with van der Waals surface area (Å²) in [5.41, 5.74) is 15.5. The molecule has 13 aromatic rings. The molecule has 0 saturated heterocycles. The lowest BCUT2D eigenvalue weighted by atomic mass is 9.95. The zero-order chi connectivity index (χ0) is 42.8. The van der Waals surface area contributed by atoms with Gasteiger partial charge < -0.3 is 13.9 Å². The van der Waals surface area contributed by atoms with Crippen LogP contribution in [0.4, 0.5) is 17.1 Å². The number of anilines is 3. The lowest BCUT2D eigenvalue weighted by molar-refractivity contribution is 0.673. The summed E-state index contributed by atoms with van der Waals surface area (Å²) < 4.78 is 9.00. The van der Waals surface area contributed by atoms with E-state index in [1.54, 1.807) is 0 Å². The number of benzene rings is 11. The molecule has 0 N–H and O–H groups in total. The molecule has 13 rings (SSSR count). The highest BCUT2D eigenvalue weighted by atomic mass is 16.3. The zero-order valence-corrected chi connectivity index (χ0v) is 35.4. The van der Waals surface area contributed by atoms with Gasteiger partial charge in [0.15, 0.2) is 0 Å². The van der Waals surface area contributed by atoms with Crippen LogP contribution in [-0.4, -0.2) is 4.57 Å². The Morgan fingerprint density at radius 3 is 1.58 bits per heavy atom. The van der Waals surface area contributed by atoms with E-state index in [4.69, 9.17) is 4.42 Å². The van der Waals surface area contributed by atoms with Gasteiger partial charge in [-0.3, -0.25) is 0 Å². The SMILES string of the molecule is c1ccc(N(c2ccc(-c3ccc4c(c3)oc3c5ccccc5ccc43)cc2)c2ccc(-c3ccccc3-n3c4ccccc4c4ccccc43)cc2)c(-c2cccc3ccccc23)c1. The number of nitrogens with zero attached hydrogens (tertiary/aromatic N) is 2. The molecule has 0 spiro atoms. The van der Waals surface area contributed by atoms with Crippen molar-refractivity contribution in [3.8, 4) is 39.1 Å². The molecule has 0 amide bonds. The van der Waals surface area contributed by atoms with Gasteiger partial charge in [-0.05, 0) is 105 Å². The van der Waals surface area contributed by atoms with Crippen LogP contribution < -0.4 is 4.90 Å². The number of rotatable bonds is 7. The van der Waals surface area contributed by atoms with E-state index in [9.17, 15) is 0 Å². The van der Waals surface area contributed by atoms with Gasteiger partial charge in [0.2, 0.25) is 0 Å². The number of furan rings is 1. The molecule has 304 valence electrons. The molecule has 11 aromatic carbocycles. The number of para-hydroxylation sites is 4. The minimum absolute atomic E-state index is 0.892. The Balaban J connectivity index is 0.935. The van der Waals surface area contributed by atoms with Crippen molar-refractivity contribution < 1.29 is 4.42 Å².